The average Bonchev–Trinajstić information content (AvgIpc) is 3.36. The molecular weight excluding hydrogens is 340 g/mol. The Labute approximate surface area is 161 Å². The van der Waals surface area contributed by atoms with Gasteiger partial charge in [0.15, 0.2) is 0 Å². The molecule has 2 N–H and O–H groups in total. The summed E-state index contributed by atoms with van der Waals surface area (Å²) in [5.74, 6) is 1.57. The number of rotatable bonds is 5. The van der Waals surface area contributed by atoms with Crippen LogP contribution in [0, 0.1) is 11.8 Å². The second-order valence-electron chi connectivity index (χ2n) is 8.49. The van der Waals surface area contributed by atoms with E-state index in [9.17, 15) is 4.39 Å². The van der Waals surface area contributed by atoms with Gasteiger partial charge in [-0.25, -0.2) is 4.39 Å². The zero-order valence-electron chi connectivity index (χ0n) is 17.1. The van der Waals surface area contributed by atoms with Gasteiger partial charge >= 0.3 is 0 Å². The zero-order chi connectivity index (χ0) is 19.5. The number of allylic oxidation sites excluding steroid dienone is 1. The van der Waals surface area contributed by atoms with E-state index in [4.69, 9.17) is 5.50 Å². The normalized spacial score (nSPS) is 20.1. The minimum atomic E-state index is -0.958. The topological polar surface area (TPSA) is 26.0 Å². The summed E-state index contributed by atoms with van der Waals surface area (Å²) in [7, 11) is 0.381. The number of nitrogens with two attached hydrogens (primary N) is 1. The van der Waals surface area contributed by atoms with E-state index in [1.807, 2.05) is 13.0 Å². The lowest BCUT2D eigenvalue weighted by molar-refractivity contribution is 0.210. The summed E-state index contributed by atoms with van der Waals surface area (Å²) >= 11 is 0. The molecule has 0 amide bonds. The molecule has 1 aromatic carbocycles. The largest absolute Gasteiger partial charge is 0.308 e. The lowest BCUT2D eigenvalue weighted by Gasteiger charge is -2.15. The maximum atomic E-state index is 12.1. The van der Waals surface area contributed by atoms with Gasteiger partial charge < -0.3 is 5.50 Å². The van der Waals surface area contributed by atoms with E-state index in [0.717, 1.165) is 11.8 Å². The molecule has 0 aliphatic heterocycles. The number of halogens is 1. The van der Waals surface area contributed by atoms with Gasteiger partial charge in [0.2, 0.25) is 0 Å². The van der Waals surface area contributed by atoms with Gasteiger partial charge in [0, 0.05) is 0 Å². The molecular formula is C23H35FNP. The molecule has 0 radical (unpaired) electrons. The highest BCUT2D eigenvalue weighted by molar-refractivity contribution is 7.45. The fourth-order valence-electron chi connectivity index (χ4n) is 3.40. The van der Waals surface area contributed by atoms with Gasteiger partial charge in [-0.15, -0.1) is 0 Å². The summed E-state index contributed by atoms with van der Waals surface area (Å²) in [6.45, 7) is 13.6. The highest BCUT2D eigenvalue weighted by Crippen LogP contribution is 2.38. The fraction of sp³-hybridized carbons (Fsp3) is 0.565. The highest BCUT2D eigenvalue weighted by Gasteiger charge is 2.26. The molecule has 2 aliphatic rings. The van der Waals surface area contributed by atoms with Crippen LogP contribution in [0.2, 0.25) is 0 Å². The van der Waals surface area contributed by atoms with Crippen molar-refractivity contribution in [2.45, 2.75) is 72.4 Å². The van der Waals surface area contributed by atoms with Crippen LogP contribution in [-0.2, 0) is 12.8 Å². The molecule has 0 aromatic heterocycles. The van der Waals surface area contributed by atoms with Crippen LogP contribution in [0.1, 0.15) is 76.1 Å². The first-order chi connectivity index (χ1) is 12.2. The van der Waals surface area contributed by atoms with E-state index in [0.29, 0.717) is 15.2 Å². The summed E-state index contributed by atoms with van der Waals surface area (Å²) in [5, 5.41) is 1.39. The van der Waals surface area contributed by atoms with Gasteiger partial charge in [-0.05, 0) is 101 Å². The Morgan fingerprint density at radius 1 is 1.38 bits per heavy atom. The Kier molecular flexibility index (Phi) is 7.22. The molecule has 2 atom stereocenters. The predicted octanol–water partition coefficient (Wildman–Crippen LogP) is 6.20. The Bertz CT molecular complexity index is 680. The third-order valence-corrected chi connectivity index (χ3v) is 6.38. The van der Waals surface area contributed by atoms with Gasteiger partial charge in [-0.3, -0.25) is 0 Å². The molecule has 0 heterocycles. The van der Waals surface area contributed by atoms with Crippen LogP contribution in [0.4, 0.5) is 4.39 Å². The molecule has 144 valence electrons. The molecule has 2 aliphatic carbocycles. The van der Waals surface area contributed by atoms with Crippen LogP contribution in [0.15, 0.2) is 18.2 Å². The van der Waals surface area contributed by atoms with Crippen molar-refractivity contribution < 1.29 is 4.39 Å². The molecule has 0 saturated heterocycles. The van der Waals surface area contributed by atoms with Gasteiger partial charge in [-0.2, -0.15) is 0 Å². The Morgan fingerprint density at radius 3 is 2.46 bits per heavy atom. The van der Waals surface area contributed by atoms with Crippen molar-refractivity contribution in [3.63, 3.8) is 0 Å². The van der Waals surface area contributed by atoms with Gasteiger partial charge in [0.05, 0.1) is 0 Å². The summed E-state index contributed by atoms with van der Waals surface area (Å²) in [5.41, 5.74) is 12.3. The fourth-order valence-corrected chi connectivity index (χ4v) is 4.21. The van der Waals surface area contributed by atoms with Crippen LogP contribution in [0.5, 0.6) is 0 Å². The molecule has 1 fully saturated rings. The van der Waals surface area contributed by atoms with E-state index >= 15 is 0 Å². The van der Waals surface area contributed by atoms with Crippen LogP contribution >= 0.6 is 8.73 Å². The van der Waals surface area contributed by atoms with Crippen molar-refractivity contribution in [3.05, 3.63) is 40.5 Å². The first-order valence-electron chi connectivity index (χ1n) is 9.85. The molecule has 1 saturated carbocycles. The van der Waals surface area contributed by atoms with E-state index < -0.39 is 5.67 Å². The van der Waals surface area contributed by atoms with E-state index in [2.05, 4.69) is 32.6 Å². The number of alkyl halides is 1. The molecule has 3 rings (SSSR count). The van der Waals surface area contributed by atoms with Crippen molar-refractivity contribution in [1.29, 1.82) is 0 Å². The van der Waals surface area contributed by atoms with Gasteiger partial charge in [0.1, 0.15) is 5.67 Å². The Morgan fingerprint density at radius 2 is 2.00 bits per heavy atom. The minimum Gasteiger partial charge on any atom is -0.308 e. The summed E-state index contributed by atoms with van der Waals surface area (Å²) in [6.07, 6.45) is 10.1. The van der Waals surface area contributed by atoms with Crippen LogP contribution < -0.4 is 10.8 Å². The second kappa shape index (κ2) is 8.81. The second-order valence-corrected chi connectivity index (χ2v) is 9.28. The first kappa shape index (κ1) is 21.3. The third-order valence-electron chi connectivity index (χ3n) is 5.52. The maximum Gasteiger partial charge on any atom is 0.105 e. The van der Waals surface area contributed by atoms with Crippen LogP contribution in [0.25, 0.3) is 12.2 Å². The molecule has 0 spiro atoms. The standard InChI is InChI=1S/C18H24NP.C5H11F/c1-4-13-10-15-7-11(2)8-16(15)18(20-19)17(13)9-12(3)14-5-6-14;1-4-5(2,3)6/h4,9-11,14,20H,1,5-8,19H2,2-3H3;4H2,1-3H3/b12-9+;. The van der Waals surface area contributed by atoms with Crippen molar-refractivity contribution in [2.75, 3.05) is 0 Å². The van der Waals surface area contributed by atoms with Crippen molar-refractivity contribution >= 4 is 26.2 Å². The lowest BCUT2D eigenvalue weighted by atomic mass is 9.97. The number of benzene rings is 1. The van der Waals surface area contributed by atoms with Crippen molar-refractivity contribution in [2.24, 2.45) is 17.3 Å². The molecule has 3 heteroatoms. The highest BCUT2D eigenvalue weighted by atomic mass is 31.1. The predicted molar refractivity (Wildman–Crippen MR) is 117 cm³/mol. The number of hydrogen-bond donors (Lipinski definition) is 1. The maximum absolute atomic E-state index is 12.1. The molecule has 26 heavy (non-hydrogen) atoms. The average molecular weight is 376 g/mol. The minimum absolute atomic E-state index is 0.381. The van der Waals surface area contributed by atoms with Gasteiger partial charge in [0.25, 0.3) is 0 Å². The zero-order valence-corrected chi connectivity index (χ0v) is 18.1. The molecule has 0 bridgehead atoms. The lowest BCUT2D eigenvalue weighted by Crippen LogP contribution is -2.13. The first-order valence-corrected chi connectivity index (χ1v) is 10.9. The Balaban J connectivity index is 0.000000352. The molecule has 1 aromatic rings. The van der Waals surface area contributed by atoms with E-state index in [-0.39, 0.29) is 0 Å². The quantitative estimate of drug-likeness (QED) is 0.609. The van der Waals surface area contributed by atoms with Crippen LogP contribution in [-0.4, -0.2) is 5.67 Å². The van der Waals surface area contributed by atoms with Crippen molar-refractivity contribution in [1.82, 2.24) is 0 Å². The van der Waals surface area contributed by atoms with E-state index in [1.54, 1.807) is 13.8 Å². The van der Waals surface area contributed by atoms with Crippen LogP contribution in [0.3, 0.4) is 0 Å². The molecule has 1 nitrogen and oxygen atoms in total. The molecule has 2 unspecified atom stereocenters. The monoisotopic (exact) mass is 375 g/mol. The number of fused-ring (bicyclic) bond motifs is 1. The van der Waals surface area contributed by atoms with Gasteiger partial charge in [-0.1, -0.05) is 44.2 Å². The SMILES string of the molecule is C=Cc1cc2c(c(PN)c1/C=C(\C)C1CC1)CC(C)C2.CCC(C)(C)F. The summed E-state index contributed by atoms with van der Waals surface area (Å²) < 4.78 is 12.1. The van der Waals surface area contributed by atoms with E-state index in [1.165, 1.54) is 58.8 Å². The number of hydrogen-bond acceptors (Lipinski definition) is 1. The van der Waals surface area contributed by atoms with Crippen molar-refractivity contribution in [3.8, 4) is 0 Å². The summed E-state index contributed by atoms with van der Waals surface area (Å²) in [4.78, 5) is 0. The Hall–Kier alpha value is -0.980. The summed E-state index contributed by atoms with van der Waals surface area (Å²) in [6, 6.07) is 2.35. The smallest absolute Gasteiger partial charge is 0.105 e. The third kappa shape index (κ3) is 5.51.